The van der Waals surface area contributed by atoms with E-state index < -0.39 is 15.9 Å². The summed E-state index contributed by atoms with van der Waals surface area (Å²) >= 11 is 0. The molecule has 38 heavy (non-hydrogen) atoms. The van der Waals surface area contributed by atoms with Gasteiger partial charge < -0.3 is 15.1 Å². The molecule has 4 atom stereocenters. The fourth-order valence-corrected chi connectivity index (χ4v) is 7.64. The van der Waals surface area contributed by atoms with Crippen molar-refractivity contribution in [3.8, 4) is 0 Å². The van der Waals surface area contributed by atoms with E-state index in [1.54, 1.807) is 30.5 Å². The maximum absolute atomic E-state index is 13.7. The van der Waals surface area contributed by atoms with Gasteiger partial charge in [0.05, 0.1) is 16.0 Å². The van der Waals surface area contributed by atoms with Gasteiger partial charge in [-0.3, -0.25) is 4.79 Å². The molecule has 1 saturated heterocycles. The van der Waals surface area contributed by atoms with Crippen LogP contribution in [0.5, 0.6) is 0 Å². The first-order valence-corrected chi connectivity index (χ1v) is 15.0. The Morgan fingerprint density at radius 2 is 1.84 bits per heavy atom. The van der Waals surface area contributed by atoms with Crippen molar-refractivity contribution in [2.24, 2.45) is 5.92 Å². The quantitative estimate of drug-likeness (QED) is 0.467. The molecule has 2 aliphatic rings. The van der Waals surface area contributed by atoms with Crippen LogP contribution in [-0.2, 0) is 14.6 Å². The lowest BCUT2D eigenvalue weighted by molar-refractivity contribution is -0.132. The predicted octanol–water partition coefficient (Wildman–Crippen LogP) is 3.39. The topological polar surface area (TPSA) is 108 Å². The number of benzene rings is 1. The number of hydrogen-bond acceptors (Lipinski definition) is 8. The summed E-state index contributed by atoms with van der Waals surface area (Å²) in [6.45, 7) is 4.91. The largest absolute Gasteiger partial charge is 0.358 e. The van der Waals surface area contributed by atoms with Crippen LogP contribution in [0.15, 0.2) is 59.9 Å². The van der Waals surface area contributed by atoms with E-state index in [9.17, 15) is 13.2 Å². The standard InChI is InChI=1S/C28H36N6O3S/c1-19(2)33(3)21-11-12-25(20(16-21)17-38(36,37)22-8-5-4-6-9-22)34-15-13-24(28(34)35)32-27-23-10-7-14-29-26(23)30-18-31-27/h4-10,14,18-21,24-25H,11-13,15-17H2,1-3H3,(H,29,30,31,32)/t20-,21-,24+,25+/m1/s1. The zero-order chi connectivity index (χ0) is 26.9. The second-order valence-corrected chi connectivity index (χ2v) is 12.8. The van der Waals surface area contributed by atoms with Crippen molar-refractivity contribution in [2.75, 3.05) is 24.7 Å². The molecular formula is C28H36N6O3S. The number of sulfone groups is 1. The molecule has 3 aromatic rings. The maximum atomic E-state index is 13.7. The smallest absolute Gasteiger partial charge is 0.245 e. The first-order valence-electron chi connectivity index (χ1n) is 13.4. The monoisotopic (exact) mass is 536 g/mol. The van der Waals surface area contributed by atoms with Crippen molar-refractivity contribution in [3.05, 3.63) is 55.0 Å². The maximum Gasteiger partial charge on any atom is 0.245 e. The van der Waals surface area contributed by atoms with E-state index in [4.69, 9.17) is 0 Å². The molecule has 2 fully saturated rings. The minimum Gasteiger partial charge on any atom is -0.358 e. The third-order valence-corrected chi connectivity index (χ3v) is 10.1. The highest BCUT2D eigenvalue weighted by Crippen LogP contribution is 2.36. The SMILES string of the molecule is CC(C)N(C)[C@@H]1CC[C@H](N2CC[C@H](Nc3ncnc4ncccc34)C2=O)[C@@H](CS(=O)(=O)c2ccccc2)C1. The molecule has 1 aliphatic heterocycles. The van der Waals surface area contributed by atoms with Gasteiger partial charge in [0.25, 0.3) is 0 Å². The lowest BCUT2D eigenvalue weighted by Crippen LogP contribution is -2.52. The van der Waals surface area contributed by atoms with Crippen molar-refractivity contribution in [3.63, 3.8) is 0 Å². The lowest BCUT2D eigenvalue weighted by atomic mass is 9.81. The van der Waals surface area contributed by atoms with Crippen molar-refractivity contribution >= 4 is 32.6 Å². The lowest BCUT2D eigenvalue weighted by Gasteiger charge is -2.44. The molecule has 1 aliphatic carbocycles. The third-order valence-electron chi connectivity index (χ3n) is 8.20. The fraction of sp³-hybridized carbons (Fsp3) is 0.500. The Morgan fingerprint density at radius 1 is 1.05 bits per heavy atom. The van der Waals surface area contributed by atoms with Crippen LogP contribution in [-0.4, -0.2) is 82.6 Å². The Hall–Kier alpha value is -3.11. The molecule has 2 aromatic heterocycles. The molecule has 0 radical (unpaired) electrons. The molecular weight excluding hydrogens is 500 g/mol. The highest BCUT2D eigenvalue weighted by atomic mass is 32.2. The zero-order valence-corrected chi connectivity index (χ0v) is 23.0. The number of nitrogens with zero attached hydrogens (tertiary/aromatic N) is 5. The minimum atomic E-state index is -3.49. The summed E-state index contributed by atoms with van der Waals surface area (Å²) < 4.78 is 26.9. The van der Waals surface area contributed by atoms with Crippen LogP contribution in [0.25, 0.3) is 11.0 Å². The number of nitrogens with one attached hydrogen (secondary N) is 1. The van der Waals surface area contributed by atoms with Crippen molar-refractivity contribution in [2.45, 2.75) is 68.6 Å². The number of carbonyl (C=O) groups is 1. The number of amides is 1. The normalized spacial score (nSPS) is 24.4. The van der Waals surface area contributed by atoms with Gasteiger partial charge in [-0.1, -0.05) is 18.2 Å². The number of anilines is 1. The molecule has 5 rings (SSSR count). The van der Waals surface area contributed by atoms with Gasteiger partial charge in [-0.15, -0.1) is 0 Å². The summed E-state index contributed by atoms with van der Waals surface area (Å²) in [5.41, 5.74) is 0.575. The van der Waals surface area contributed by atoms with Crippen LogP contribution in [0.1, 0.15) is 39.5 Å². The number of carbonyl (C=O) groups excluding carboxylic acids is 1. The van der Waals surface area contributed by atoms with Gasteiger partial charge in [0.2, 0.25) is 5.91 Å². The number of fused-ring (bicyclic) bond motifs is 1. The van der Waals surface area contributed by atoms with Crippen LogP contribution in [0.4, 0.5) is 5.82 Å². The highest BCUT2D eigenvalue weighted by molar-refractivity contribution is 7.91. The Kier molecular flexibility index (Phi) is 7.63. The van der Waals surface area contributed by atoms with Crippen LogP contribution >= 0.6 is 0 Å². The molecule has 1 saturated carbocycles. The van der Waals surface area contributed by atoms with Gasteiger partial charge >= 0.3 is 0 Å². The summed E-state index contributed by atoms with van der Waals surface area (Å²) in [7, 11) is -1.38. The van der Waals surface area contributed by atoms with Gasteiger partial charge in [-0.2, -0.15) is 0 Å². The summed E-state index contributed by atoms with van der Waals surface area (Å²) in [6, 6.07) is 12.5. The van der Waals surface area contributed by atoms with E-state index in [0.717, 1.165) is 24.6 Å². The van der Waals surface area contributed by atoms with Gasteiger partial charge in [-0.05, 0) is 76.8 Å². The van der Waals surface area contributed by atoms with E-state index in [1.165, 1.54) is 6.33 Å². The predicted molar refractivity (Wildman–Crippen MR) is 147 cm³/mol. The highest BCUT2D eigenvalue weighted by Gasteiger charge is 2.44. The molecule has 10 heteroatoms. The summed E-state index contributed by atoms with van der Waals surface area (Å²) in [4.78, 5) is 31.2. The third kappa shape index (κ3) is 5.37. The number of pyridine rings is 1. The summed E-state index contributed by atoms with van der Waals surface area (Å²) in [6.07, 6.45) is 6.23. The molecule has 1 N–H and O–H groups in total. The van der Waals surface area contributed by atoms with E-state index in [-0.39, 0.29) is 29.7 Å². The van der Waals surface area contributed by atoms with E-state index in [0.29, 0.717) is 35.4 Å². The second kappa shape index (κ2) is 10.9. The molecule has 3 heterocycles. The van der Waals surface area contributed by atoms with Gasteiger partial charge in [0.1, 0.15) is 18.2 Å². The second-order valence-electron chi connectivity index (χ2n) is 10.8. The van der Waals surface area contributed by atoms with E-state index in [2.05, 4.69) is 46.1 Å². The Morgan fingerprint density at radius 3 is 2.61 bits per heavy atom. The summed E-state index contributed by atoms with van der Waals surface area (Å²) in [5.74, 6) is 0.484. The van der Waals surface area contributed by atoms with Crippen molar-refractivity contribution in [1.82, 2.24) is 24.8 Å². The summed E-state index contributed by atoms with van der Waals surface area (Å²) in [5, 5.41) is 4.09. The number of aromatic nitrogens is 3. The number of rotatable bonds is 8. The average Bonchev–Trinajstić information content (AvgIpc) is 3.28. The molecule has 9 nitrogen and oxygen atoms in total. The van der Waals surface area contributed by atoms with Crippen molar-refractivity contribution < 1.29 is 13.2 Å². The molecule has 0 unspecified atom stereocenters. The van der Waals surface area contributed by atoms with Crippen LogP contribution in [0.2, 0.25) is 0 Å². The number of likely N-dealkylation sites (tertiary alicyclic amines) is 1. The van der Waals surface area contributed by atoms with Crippen molar-refractivity contribution in [1.29, 1.82) is 0 Å². The van der Waals surface area contributed by atoms with Gasteiger partial charge in [0, 0.05) is 30.9 Å². The van der Waals surface area contributed by atoms with Crippen LogP contribution < -0.4 is 5.32 Å². The Balaban J connectivity index is 1.37. The molecule has 1 amide bonds. The number of hydrogen-bond donors (Lipinski definition) is 1. The van der Waals surface area contributed by atoms with Crippen LogP contribution in [0, 0.1) is 5.92 Å². The first-order chi connectivity index (χ1) is 18.2. The molecule has 0 spiro atoms. The zero-order valence-electron chi connectivity index (χ0n) is 22.2. The molecule has 1 aromatic carbocycles. The Labute approximate surface area is 224 Å². The Bertz CT molecular complexity index is 1380. The first kappa shape index (κ1) is 26.5. The van der Waals surface area contributed by atoms with Gasteiger partial charge in [0.15, 0.2) is 15.5 Å². The fourth-order valence-electron chi connectivity index (χ4n) is 5.95. The average molecular weight is 537 g/mol. The molecule has 0 bridgehead atoms. The minimum absolute atomic E-state index is 0.00317. The van der Waals surface area contributed by atoms with E-state index >= 15 is 0 Å². The van der Waals surface area contributed by atoms with Crippen LogP contribution in [0.3, 0.4) is 0 Å². The van der Waals surface area contributed by atoms with Gasteiger partial charge in [-0.25, -0.2) is 23.4 Å². The van der Waals surface area contributed by atoms with E-state index in [1.807, 2.05) is 23.1 Å². The molecule has 202 valence electrons.